The summed E-state index contributed by atoms with van der Waals surface area (Å²) in [6.45, 7) is 9.84. The average Bonchev–Trinajstić information content (AvgIpc) is 1.91. The van der Waals surface area contributed by atoms with Gasteiger partial charge in [-0.1, -0.05) is 26.0 Å². The van der Waals surface area contributed by atoms with Crippen LogP contribution in [0.1, 0.15) is 22.2 Å². The fourth-order valence-electron chi connectivity index (χ4n) is 0.736. The van der Waals surface area contributed by atoms with Gasteiger partial charge in [0.1, 0.15) is 0 Å². The monoisotopic (exact) mass is 135 g/mol. The van der Waals surface area contributed by atoms with Crippen LogP contribution in [0.4, 0.5) is 0 Å². The van der Waals surface area contributed by atoms with Crippen molar-refractivity contribution < 1.29 is 20.3 Å². The molecule has 2 heteroatoms. The van der Waals surface area contributed by atoms with Gasteiger partial charge >= 0.3 is 18.9 Å². The zero-order chi connectivity index (χ0) is 7.11. The Bertz CT molecular complexity index is 82.2. The van der Waals surface area contributed by atoms with Gasteiger partial charge in [0, 0.05) is 6.54 Å². The normalized spacial score (nSPS) is 10.4. The molecule has 0 bridgehead atoms. The Morgan fingerprint density at radius 3 is 2.10 bits per heavy atom. The minimum atomic E-state index is 0. The Kier molecular flexibility index (Phi) is 12.0. The third-order valence-electron chi connectivity index (χ3n) is 1.49. The summed E-state index contributed by atoms with van der Waals surface area (Å²) in [5.41, 5.74) is 0. The van der Waals surface area contributed by atoms with E-state index in [2.05, 4.69) is 37.8 Å². The van der Waals surface area contributed by atoms with Gasteiger partial charge in [0.15, 0.2) is 0 Å². The molecular formula is C8H18LiN. The molecule has 0 atom stereocenters. The van der Waals surface area contributed by atoms with Gasteiger partial charge < -0.3 is 6.33 Å². The van der Waals surface area contributed by atoms with Gasteiger partial charge in [-0.3, -0.25) is 0 Å². The summed E-state index contributed by atoms with van der Waals surface area (Å²) in [5.74, 6) is 0. The van der Waals surface area contributed by atoms with E-state index >= 15 is 0 Å². The SMILES string of the molecule is C/C=C/CN(CC)CC.[H-].[Li+]. The van der Waals surface area contributed by atoms with E-state index in [-0.39, 0.29) is 20.3 Å². The van der Waals surface area contributed by atoms with Crippen LogP contribution in [0, 0.1) is 0 Å². The van der Waals surface area contributed by atoms with Gasteiger partial charge in [-0.05, 0) is 20.0 Å². The van der Waals surface area contributed by atoms with E-state index in [0.717, 1.165) is 19.6 Å². The summed E-state index contributed by atoms with van der Waals surface area (Å²) in [5, 5.41) is 0. The number of hydrogen-bond donors (Lipinski definition) is 0. The van der Waals surface area contributed by atoms with Crippen molar-refractivity contribution in [1.29, 1.82) is 0 Å². The zero-order valence-electron chi connectivity index (χ0n) is 8.72. The van der Waals surface area contributed by atoms with E-state index in [9.17, 15) is 0 Å². The summed E-state index contributed by atoms with van der Waals surface area (Å²) in [7, 11) is 0. The second-order valence-corrected chi connectivity index (χ2v) is 2.05. The maximum Gasteiger partial charge on any atom is 1.00 e. The second kappa shape index (κ2) is 9.30. The van der Waals surface area contributed by atoms with Gasteiger partial charge in [-0.2, -0.15) is 0 Å². The summed E-state index contributed by atoms with van der Waals surface area (Å²) in [6, 6.07) is 0. The van der Waals surface area contributed by atoms with E-state index in [1.54, 1.807) is 0 Å². The van der Waals surface area contributed by atoms with Crippen LogP contribution in [0.5, 0.6) is 0 Å². The first-order valence-corrected chi connectivity index (χ1v) is 3.68. The molecule has 56 valence electrons. The molecule has 0 amide bonds. The van der Waals surface area contributed by atoms with Crippen molar-refractivity contribution in [2.45, 2.75) is 20.8 Å². The molecule has 0 aliphatic carbocycles. The van der Waals surface area contributed by atoms with Gasteiger partial charge in [0.2, 0.25) is 0 Å². The van der Waals surface area contributed by atoms with Gasteiger partial charge in [-0.15, -0.1) is 0 Å². The summed E-state index contributed by atoms with van der Waals surface area (Å²) in [6.07, 6.45) is 4.28. The number of allylic oxidation sites excluding steroid dienone is 1. The smallest absolute Gasteiger partial charge is 1.00 e. The molecule has 0 radical (unpaired) electrons. The van der Waals surface area contributed by atoms with Crippen LogP contribution in [-0.2, 0) is 0 Å². The molecule has 0 aromatic heterocycles. The van der Waals surface area contributed by atoms with Gasteiger partial charge in [0.05, 0.1) is 0 Å². The van der Waals surface area contributed by atoms with Crippen LogP contribution >= 0.6 is 0 Å². The molecule has 10 heavy (non-hydrogen) atoms. The first-order valence-electron chi connectivity index (χ1n) is 3.68. The summed E-state index contributed by atoms with van der Waals surface area (Å²) < 4.78 is 0. The van der Waals surface area contributed by atoms with E-state index in [0.29, 0.717) is 0 Å². The van der Waals surface area contributed by atoms with E-state index in [1.165, 1.54) is 0 Å². The largest absolute Gasteiger partial charge is 1.00 e. The van der Waals surface area contributed by atoms with Crippen LogP contribution in [0.25, 0.3) is 0 Å². The van der Waals surface area contributed by atoms with Gasteiger partial charge in [-0.25, -0.2) is 0 Å². The molecule has 1 nitrogen and oxygen atoms in total. The molecule has 0 aliphatic rings. The molecule has 0 rings (SSSR count). The predicted octanol–water partition coefficient (Wildman–Crippen LogP) is -0.979. The van der Waals surface area contributed by atoms with Crippen LogP contribution in [0.3, 0.4) is 0 Å². The quantitative estimate of drug-likeness (QED) is 0.354. The van der Waals surface area contributed by atoms with E-state index in [1.807, 2.05) is 0 Å². The predicted molar refractivity (Wildman–Crippen MR) is 43.7 cm³/mol. The number of rotatable bonds is 4. The standard InChI is InChI=1S/C8H17N.Li.H/c1-4-7-8-9(5-2)6-3;;/h4,7H,5-6,8H2,1-3H3;;/q;+1;-1/b7-4+;;. The second-order valence-electron chi connectivity index (χ2n) is 2.05. The molecule has 0 aromatic carbocycles. The Hall–Kier alpha value is 0.297. The van der Waals surface area contributed by atoms with Crippen molar-refractivity contribution in [2.24, 2.45) is 0 Å². The number of hydrogen-bond acceptors (Lipinski definition) is 1. The van der Waals surface area contributed by atoms with E-state index < -0.39 is 0 Å². The van der Waals surface area contributed by atoms with Crippen LogP contribution < -0.4 is 18.9 Å². The van der Waals surface area contributed by atoms with Crippen molar-refractivity contribution in [1.82, 2.24) is 4.90 Å². The zero-order valence-corrected chi connectivity index (χ0v) is 7.72. The third kappa shape index (κ3) is 6.42. The van der Waals surface area contributed by atoms with Crippen LogP contribution in [-0.4, -0.2) is 24.5 Å². The topological polar surface area (TPSA) is 3.24 Å². The maximum atomic E-state index is 2.38. The first-order chi connectivity index (χ1) is 4.35. The molecular weight excluding hydrogens is 117 g/mol. The fourth-order valence-corrected chi connectivity index (χ4v) is 0.736. The minimum absolute atomic E-state index is 0. The Balaban J connectivity index is -0.000000320. The first kappa shape index (κ1) is 12.9. The van der Waals surface area contributed by atoms with Gasteiger partial charge in [0.25, 0.3) is 0 Å². The minimum Gasteiger partial charge on any atom is -1.00 e. The molecule has 0 fully saturated rings. The van der Waals surface area contributed by atoms with Crippen molar-refractivity contribution in [3.63, 3.8) is 0 Å². The van der Waals surface area contributed by atoms with Crippen molar-refractivity contribution in [3.05, 3.63) is 12.2 Å². The van der Waals surface area contributed by atoms with Crippen molar-refractivity contribution >= 4 is 0 Å². The Morgan fingerprint density at radius 1 is 1.30 bits per heavy atom. The van der Waals surface area contributed by atoms with Crippen molar-refractivity contribution in [3.8, 4) is 0 Å². The molecule has 0 aliphatic heterocycles. The fraction of sp³-hybridized carbons (Fsp3) is 0.750. The summed E-state index contributed by atoms with van der Waals surface area (Å²) >= 11 is 0. The summed E-state index contributed by atoms with van der Waals surface area (Å²) in [4.78, 5) is 2.38. The van der Waals surface area contributed by atoms with Crippen molar-refractivity contribution in [2.75, 3.05) is 19.6 Å². The van der Waals surface area contributed by atoms with E-state index in [4.69, 9.17) is 0 Å². The Morgan fingerprint density at radius 2 is 1.80 bits per heavy atom. The molecule has 0 heterocycles. The van der Waals surface area contributed by atoms with Crippen LogP contribution in [0.15, 0.2) is 12.2 Å². The maximum absolute atomic E-state index is 2.38. The molecule has 0 N–H and O–H groups in total. The molecule has 0 saturated carbocycles. The average molecular weight is 135 g/mol. The molecule has 0 aromatic rings. The number of nitrogens with zero attached hydrogens (tertiary/aromatic N) is 1. The third-order valence-corrected chi connectivity index (χ3v) is 1.49. The number of likely N-dealkylation sites (N-methyl/N-ethyl adjacent to an activating group) is 1. The molecule has 0 spiro atoms. The van der Waals surface area contributed by atoms with Crippen LogP contribution in [0.2, 0.25) is 0 Å². The molecule has 0 unspecified atom stereocenters. The Labute approximate surface area is 78.1 Å². The molecule has 0 saturated heterocycles.